The largest absolute Gasteiger partial charge is 0.444 e. The summed E-state index contributed by atoms with van der Waals surface area (Å²) >= 11 is 0. The number of alkyl carbamates (subject to hydrolysis) is 1. The van der Waals surface area contributed by atoms with Crippen LogP contribution in [0.5, 0.6) is 0 Å². The van der Waals surface area contributed by atoms with Gasteiger partial charge in [0.2, 0.25) is 5.91 Å². The normalized spacial score (nSPS) is 23.1. The van der Waals surface area contributed by atoms with Gasteiger partial charge in [0, 0.05) is 25.6 Å². The predicted octanol–water partition coefficient (Wildman–Crippen LogP) is 0.389. The summed E-state index contributed by atoms with van der Waals surface area (Å²) in [4.78, 5) is 38.0. The molecule has 0 radical (unpaired) electrons. The van der Waals surface area contributed by atoms with Gasteiger partial charge in [-0.3, -0.25) is 9.59 Å². The predicted molar refractivity (Wildman–Crippen MR) is 90.7 cm³/mol. The highest BCUT2D eigenvalue weighted by Crippen LogP contribution is 2.20. The van der Waals surface area contributed by atoms with Crippen molar-refractivity contribution in [3.05, 3.63) is 0 Å². The van der Waals surface area contributed by atoms with Crippen molar-refractivity contribution in [1.82, 2.24) is 15.5 Å². The second-order valence-corrected chi connectivity index (χ2v) is 7.74. The Morgan fingerprint density at radius 1 is 1.36 bits per heavy atom. The van der Waals surface area contributed by atoms with Crippen LogP contribution in [0.3, 0.4) is 0 Å². The minimum atomic E-state index is -1.39. The van der Waals surface area contributed by atoms with Crippen molar-refractivity contribution in [2.45, 2.75) is 64.2 Å². The lowest BCUT2D eigenvalue weighted by Crippen LogP contribution is -2.53. The van der Waals surface area contributed by atoms with Crippen LogP contribution in [0.2, 0.25) is 0 Å². The molecule has 3 atom stereocenters. The van der Waals surface area contributed by atoms with E-state index in [4.69, 9.17) is 4.74 Å². The summed E-state index contributed by atoms with van der Waals surface area (Å²) in [6.45, 7) is 6.99. The van der Waals surface area contributed by atoms with Gasteiger partial charge in [-0.1, -0.05) is 0 Å². The molecule has 2 aliphatic heterocycles. The standard InChI is InChI=1S/C17H29N3O5/c1-17(2,3)25-16(24)19-12(10-11-6-7-18-14(11)22)13(21)15(23)20-8-4-5-9-20/h11-13,21H,4-10H2,1-3H3,(H,18,22)(H,19,24). The molecule has 142 valence electrons. The lowest BCUT2D eigenvalue weighted by molar-refractivity contribution is -0.141. The highest BCUT2D eigenvalue weighted by molar-refractivity contribution is 5.83. The van der Waals surface area contributed by atoms with Crippen LogP contribution in [0.4, 0.5) is 4.79 Å². The number of ether oxygens (including phenoxy) is 1. The van der Waals surface area contributed by atoms with Crippen LogP contribution in [0.1, 0.15) is 46.5 Å². The summed E-state index contributed by atoms with van der Waals surface area (Å²) in [6, 6.07) is -0.864. The number of nitrogens with one attached hydrogen (secondary N) is 2. The molecule has 0 aliphatic carbocycles. The first-order chi connectivity index (χ1) is 11.7. The molecule has 2 heterocycles. The number of hydrogen-bond acceptors (Lipinski definition) is 5. The molecule has 0 aromatic rings. The summed E-state index contributed by atoms with van der Waals surface area (Å²) in [5.74, 6) is -0.852. The molecule has 2 aliphatic rings. The van der Waals surface area contributed by atoms with Gasteiger partial charge < -0.3 is 25.4 Å². The highest BCUT2D eigenvalue weighted by Gasteiger charge is 2.37. The monoisotopic (exact) mass is 355 g/mol. The van der Waals surface area contributed by atoms with Crippen molar-refractivity contribution in [2.24, 2.45) is 5.92 Å². The Morgan fingerprint density at radius 2 is 2.00 bits per heavy atom. The average molecular weight is 355 g/mol. The summed E-state index contributed by atoms with van der Waals surface area (Å²) in [5.41, 5.74) is -0.691. The average Bonchev–Trinajstić information content (AvgIpc) is 3.15. The fourth-order valence-corrected chi connectivity index (χ4v) is 3.20. The van der Waals surface area contributed by atoms with Crippen molar-refractivity contribution < 1.29 is 24.2 Å². The molecule has 0 spiro atoms. The number of nitrogens with zero attached hydrogens (tertiary/aromatic N) is 1. The number of carbonyl (C=O) groups excluding carboxylic acids is 3. The van der Waals surface area contributed by atoms with Crippen LogP contribution in [-0.4, -0.2) is 65.3 Å². The summed E-state index contributed by atoms with van der Waals surface area (Å²) in [7, 11) is 0. The molecule has 2 rings (SSSR count). The van der Waals surface area contributed by atoms with E-state index in [0.29, 0.717) is 26.1 Å². The van der Waals surface area contributed by atoms with E-state index in [1.54, 1.807) is 25.7 Å². The number of amides is 3. The minimum absolute atomic E-state index is 0.114. The van der Waals surface area contributed by atoms with Gasteiger partial charge in [0.15, 0.2) is 6.10 Å². The fraction of sp³-hybridized carbons (Fsp3) is 0.824. The Morgan fingerprint density at radius 3 is 2.52 bits per heavy atom. The maximum Gasteiger partial charge on any atom is 0.407 e. The Labute approximate surface area is 148 Å². The highest BCUT2D eigenvalue weighted by atomic mass is 16.6. The molecule has 0 bridgehead atoms. The quantitative estimate of drug-likeness (QED) is 0.661. The molecule has 2 fully saturated rings. The fourth-order valence-electron chi connectivity index (χ4n) is 3.20. The summed E-state index contributed by atoms with van der Waals surface area (Å²) in [5, 5.41) is 15.9. The number of aliphatic hydroxyl groups is 1. The van der Waals surface area contributed by atoms with Gasteiger partial charge in [-0.25, -0.2) is 4.79 Å². The van der Waals surface area contributed by atoms with Gasteiger partial charge >= 0.3 is 6.09 Å². The van der Waals surface area contributed by atoms with Gasteiger partial charge in [-0.15, -0.1) is 0 Å². The molecule has 8 nitrogen and oxygen atoms in total. The summed E-state index contributed by atoms with van der Waals surface area (Å²) in [6.07, 6.45) is 0.548. The van der Waals surface area contributed by atoms with E-state index >= 15 is 0 Å². The van der Waals surface area contributed by atoms with E-state index in [9.17, 15) is 19.5 Å². The maximum absolute atomic E-state index is 12.5. The zero-order valence-corrected chi connectivity index (χ0v) is 15.2. The molecule has 0 aromatic heterocycles. The molecule has 3 unspecified atom stereocenters. The summed E-state index contributed by atoms with van der Waals surface area (Å²) < 4.78 is 5.23. The van der Waals surface area contributed by atoms with Crippen LogP contribution in [0.25, 0.3) is 0 Å². The van der Waals surface area contributed by atoms with Crippen LogP contribution in [0.15, 0.2) is 0 Å². The number of likely N-dealkylation sites (tertiary alicyclic amines) is 1. The van der Waals surface area contributed by atoms with Crippen molar-refractivity contribution >= 4 is 17.9 Å². The number of hydrogen-bond donors (Lipinski definition) is 3. The first-order valence-electron chi connectivity index (χ1n) is 8.91. The molecular formula is C17H29N3O5. The molecule has 8 heteroatoms. The van der Waals surface area contributed by atoms with E-state index in [1.807, 2.05) is 0 Å². The first-order valence-corrected chi connectivity index (χ1v) is 8.91. The number of rotatable bonds is 5. The smallest absolute Gasteiger partial charge is 0.407 e. The van der Waals surface area contributed by atoms with Gasteiger partial charge in [0.1, 0.15) is 5.60 Å². The zero-order chi connectivity index (χ0) is 18.6. The second kappa shape index (κ2) is 8.03. The Hall–Kier alpha value is -1.83. The molecule has 0 saturated carbocycles. The Kier molecular flexibility index (Phi) is 6.26. The first kappa shape index (κ1) is 19.5. The van der Waals surface area contributed by atoms with Gasteiger partial charge in [-0.2, -0.15) is 0 Å². The van der Waals surface area contributed by atoms with Crippen LogP contribution >= 0.6 is 0 Å². The lowest BCUT2D eigenvalue weighted by Gasteiger charge is -2.29. The van der Waals surface area contributed by atoms with Crippen molar-refractivity contribution in [3.8, 4) is 0 Å². The van der Waals surface area contributed by atoms with E-state index in [0.717, 1.165) is 12.8 Å². The third-order valence-corrected chi connectivity index (χ3v) is 4.46. The molecule has 3 amide bonds. The molecular weight excluding hydrogens is 326 g/mol. The third-order valence-electron chi connectivity index (χ3n) is 4.46. The molecule has 0 aromatic carbocycles. The van der Waals surface area contributed by atoms with E-state index in [1.165, 1.54) is 0 Å². The van der Waals surface area contributed by atoms with Gasteiger partial charge in [0.05, 0.1) is 6.04 Å². The second-order valence-electron chi connectivity index (χ2n) is 7.74. The lowest BCUT2D eigenvalue weighted by atomic mass is 9.94. The zero-order valence-electron chi connectivity index (χ0n) is 15.2. The van der Waals surface area contributed by atoms with Crippen LogP contribution in [-0.2, 0) is 14.3 Å². The van der Waals surface area contributed by atoms with Crippen molar-refractivity contribution in [1.29, 1.82) is 0 Å². The molecule has 3 N–H and O–H groups in total. The molecule has 25 heavy (non-hydrogen) atoms. The van der Waals surface area contributed by atoms with Gasteiger partial charge in [-0.05, 0) is 46.5 Å². The van der Waals surface area contributed by atoms with Crippen molar-refractivity contribution in [2.75, 3.05) is 19.6 Å². The van der Waals surface area contributed by atoms with Crippen LogP contribution in [0, 0.1) is 5.92 Å². The minimum Gasteiger partial charge on any atom is -0.444 e. The Balaban J connectivity index is 2.05. The SMILES string of the molecule is CC(C)(C)OC(=O)NC(CC1CCNC1=O)C(O)C(=O)N1CCCC1. The number of aliphatic hydroxyl groups excluding tert-OH is 1. The van der Waals surface area contributed by atoms with E-state index in [-0.39, 0.29) is 18.2 Å². The van der Waals surface area contributed by atoms with Crippen LogP contribution < -0.4 is 10.6 Å². The third kappa shape index (κ3) is 5.59. The van der Waals surface area contributed by atoms with E-state index < -0.39 is 29.7 Å². The Bertz CT molecular complexity index is 511. The maximum atomic E-state index is 12.5. The molecule has 2 saturated heterocycles. The van der Waals surface area contributed by atoms with E-state index in [2.05, 4.69) is 10.6 Å². The number of carbonyl (C=O) groups is 3. The van der Waals surface area contributed by atoms with Crippen molar-refractivity contribution in [3.63, 3.8) is 0 Å². The topological polar surface area (TPSA) is 108 Å². The van der Waals surface area contributed by atoms with Gasteiger partial charge in [0.25, 0.3) is 5.91 Å².